The van der Waals surface area contributed by atoms with Crippen LogP contribution in [0.1, 0.15) is 63.9 Å². The lowest BCUT2D eigenvalue weighted by molar-refractivity contribution is 0.290. The second-order valence-electron chi connectivity index (χ2n) is 8.13. The number of hydrogen-bond donors (Lipinski definition) is 0. The van der Waals surface area contributed by atoms with Crippen LogP contribution in [0, 0.1) is 5.82 Å². The predicted molar refractivity (Wildman–Crippen MR) is 129 cm³/mol. The molecule has 0 saturated heterocycles. The van der Waals surface area contributed by atoms with Gasteiger partial charge < -0.3 is 9.47 Å². The number of nitrogens with zero attached hydrogens (tertiary/aromatic N) is 1. The molecule has 2 aromatic carbocycles. The maximum absolute atomic E-state index is 14.5. The van der Waals surface area contributed by atoms with Gasteiger partial charge in [-0.15, -0.1) is 0 Å². The van der Waals surface area contributed by atoms with Crippen LogP contribution in [0.15, 0.2) is 66.9 Å². The molecule has 0 aliphatic carbocycles. The van der Waals surface area contributed by atoms with Crippen molar-refractivity contribution in [2.24, 2.45) is 0 Å². The van der Waals surface area contributed by atoms with E-state index in [-0.39, 0.29) is 5.82 Å². The first-order valence-corrected chi connectivity index (χ1v) is 11.8. The Bertz CT molecular complexity index is 912. The van der Waals surface area contributed by atoms with E-state index < -0.39 is 0 Å². The molecule has 0 aliphatic rings. The van der Waals surface area contributed by atoms with E-state index in [1.807, 2.05) is 48.5 Å². The summed E-state index contributed by atoms with van der Waals surface area (Å²) in [6, 6.07) is 18.7. The number of benzene rings is 2. The molecule has 3 rings (SSSR count). The van der Waals surface area contributed by atoms with Crippen molar-refractivity contribution in [3.63, 3.8) is 0 Å². The van der Waals surface area contributed by atoms with Crippen molar-refractivity contribution in [3.8, 4) is 22.8 Å². The summed E-state index contributed by atoms with van der Waals surface area (Å²) in [6.45, 7) is 3.26. The van der Waals surface area contributed by atoms with Gasteiger partial charge in [0.25, 0.3) is 0 Å². The summed E-state index contributed by atoms with van der Waals surface area (Å²) in [4.78, 5) is 4.35. The number of rotatable bonds is 14. The molecule has 0 unspecified atom stereocenters. The number of unbranched alkanes of at least 4 members (excludes halogenated alkanes) is 7. The molecule has 3 aromatic rings. The summed E-state index contributed by atoms with van der Waals surface area (Å²) < 4.78 is 25.9. The van der Waals surface area contributed by atoms with Crippen molar-refractivity contribution in [1.82, 2.24) is 4.98 Å². The monoisotopic (exact) mass is 435 g/mol. The second kappa shape index (κ2) is 13.5. The van der Waals surface area contributed by atoms with Crippen LogP contribution in [0.5, 0.6) is 11.6 Å². The van der Waals surface area contributed by atoms with Gasteiger partial charge in [0, 0.05) is 17.8 Å². The lowest BCUT2D eigenvalue weighted by atomic mass is 10.1. The van der Waals surface area contributed by atoms with Gasteiger partial charge in [0.1, 0.15) is 6.61 Å². The highest BCUT2D eigenvalue weighted by molar-refractivity contribution is 5.63. The SMILES string of the molecule is CCCCCCCCCCOc1ccc(-c2ccc(OCc3ccccc3)nc2)cc1F. The third kappa shape index (κ3) is 7.99. The molecule has 0 radical (unpaired) electrons. The van der Waals surface area contributed by atoms with E-state index in [1.54, 1.807) is 12.3 Å². The topological polar surface area (TPSA) is 31.4 Å². The maximum Gasteiger partial charge on any atom is 0.213 e. The van der Waals surface area contributed by atoms with E-state index in [1.165, 1.54) is 44.6 Å². The second-order valence-corrected chi connectivity index (χ2v) is 8.13. The average Bonchev–Trinajstić information content (AvgIpc) is 2.83. The van der Waals surface area contributed by atoms with Crippen molar-refractivity contribution in [2.45, 2.75) is 64.9 Å². The highest BCUT2D eigenvalue weighted by Crippen LogP contribution is 2.26. The van der Waals surface area contributed by atoms with E-state index >= 15 is 0 Å². The molecular formula is C28H34FNO2. The molecule has 3 nitrogen and oxygen atoms in total. The molecule has 1 heterocycles. The normalized spacial score (nSPS) is 10.8. The minimum Gasteiger partial charge on any atom is -0.491 e. The zero-order chi connectivity index (χ0) is 22.4. The first-order chi connectivity index (χ1) is 15.8. The number of ether oxygens (including phenoxy) is 2. The third-order valence-electron chi connectivity index (χ3n) is 5.49. The fourth-order valence-corrected chi connectivity index (χ4v) is 3.58. The van der Waals surface area contributed by atoms with Gasteiger partial charge in [-0.05, 0) is 35.7 Å². The van der Waals surface area contributed by atoms with Gasteiger partial charge in [0.15, 0.2) is 11.6 Å². The molecule has 0 N–H and O–H groups in total. The zero-order valence-corrected chi connectivity index (χ0v) is 19.1. The standard InChI is InChI=1S/C28H34FNO2/c1-2-3-4-5-6-7-8-12-19-31-27-17-15-24(20-26(27)29)25-16-18-28(30-21-25)32-22-23-13-10-9-11-14-23/h9-11,13-18,20-21H,2-8,12,19,22H2,1H3. The van der Waals surface area contributed by atoms with Crippen LogP contribution in [0.25, 0.3) is 11.1 Å². The van der Waals surface area contributed by atoms with Crippen molar-refractivity contribution in [1.29, 1.82) is 0 Å². The summed E-state index contributed by atoms with van der Waals surface area (Å²) in [6.07, 6.45) is 11.6. The smallest absolute Gasteiger partial charge is 0.213 e. The number of aromatic nitrogens is 1. The highest BCUT2D eigenvalue weighted by Gasteiger charge is 2.07. The van der Waals surface area contributed by atoms with E-state index in [0.29, 0.717) is 24.8 Å². The molecule has 1 aromatic heterocycles. The van der Waals surface area contributed by atoms with Gasteiger partial charge in [-0.3, -0.25) is 0 Å². The highest BCUT2D eigenvalue weighted by atomic mass is 19.1. The maximum atomic E-state index is 14.5. The number of halogens is 1. The minimum atomic E-state index is -0.341. The molecule has 0 aliphatic heterocycles. The summed E-state index contributed by atoms with van der Waals surface area (Å²) >= 11 is 0. The number of pyridine rings is 1. The van der Waals surface area contributed by atoms with E-state index in [9.17, 15) is 4.39 Å². The lowest BCUT2D eigenvalue weighted by Crippen LogP contribution is -1.99. The summed E-state index contributed by atoms with van der Waals surface area (Å²) in [5.74, 6) is 0.516. The molecule has 4 heteroatoms. The molecule has 0 amide bonds. The minimum absolute atomic E-state index is 0.312. The van der Waals surface area contributed by atoms with Crippen LogP contribution in [-0.2, 0) is 6.61 Å². The third-order valence-corrected chi connectivity index (χ3v) is 5.49. The van der Waals surface area contributed by atoms with Crippen LogP contribution in [-0.4, -0.2) is 11.6 Å². The predicted octanol–water partition coefficient (Wildman–Crippen LogP) is 7.99. The molecule has 0 fully saturated rings. The Kier molecular flexibility index (Phi) is 10.0. The van der Waals surface area contributed by atoms with Crippen LogP contribution in [0.3, 0.4) is 0 Å². The summed E-state index contributed by atoms with van der Waals surface area (Å²) in [5, 5.41) is 0. The van der Waals surface area contributed by atoms with Crippen molar-refractivity contribution < 1.29 is 13.9 Å². The fourth-order valence-electron chi connectivity index (χ4n) is 3.58. The Morgan fingerprint density at radius 2 is 1.47 bits per heavy atom. The molecule has 0 saturated carbocycles. The molecule has 0 bridgehead atoms. The average molecular weight is 436 g/mol. The van der Waals surface area contributed by atoms with E-state index in [4.69, 9.17) is 9.47 Å². The Balaban J connectivity index is 1.42. The van der Waals surface area contributed by atoms with Crippen LogP contribution in [0.4, 0.5) is 4.39 Å². The quantitative estimate of drug-likeness (QED) is 0.240. The fraction of sp³-hybridized carbons (Fsp3) is 0.393. The van der Waals surface area contributed by atoms with Gasteiger partial charge in [-0.2, -0.15) is 0 Å². The summed E-state index contributed by atoms with van der Waals surface area (Å²) in [5.41, 5.74) is 2.69. The molecule has 170 valence electrons. The Labute approximate surface area is 191 Å². The summed E-state index contributed by atoms with van der Waals surface area (Å²) in [7, 11) is 0. The Hall–Kier alpha value is -2.88. The van der Waals surface area contributed by atoms with Crippen molar-refractivity contribution in [3.05, 3.63) is 78.2 Å². The van der Waals surface area contributed by atoms with Crippen molar-refractivity contribution in [2.75, 3.05) is 6.61 Å². The van der Waals surface area contributed by atoms with Gasteiger partial charge in [0.2, 0.25) is 5.88 Å². The van der Waals surface area contributed by atoms with Crippen LogP contribution >= 0.6 is 0 Å². The van der Waals surface area contributed by atoms with E-state index in [0.717, 1.165) is 29.5 Å². The zero-order valence-electron chi connectivity index (χ0n) is 19.1. The van der Waals surface area contributed by atoms with Gasteiger partial charge >= 0.3 is 0 Å². The molecular weight excluding hydrogens is 401 g/mol. The molecule has 32 heavy (non-hydrogen) atoms. The lowest BCUT2D eigenvalue weighted by Gasteiger charge is -2.10. The van der Waals surface area contributed by atoms with E-state index in [2.05, 4.69) is 11.9 Å². The first-order valence-electron chi connectivity index (χ1n) is 11.8. The van der Waals surface area contributed by atoms with Crippen LogP contribution < -0.4 is 9.47 Å². The Morgan fingerprint density at radius 1 is 0.750 bits per heavy atom. The Morgan fingerprint density at radius 3 is 2.16 bits per heavy atom. The van der Waals surface area contributed by atoms with Gasteiger partial charge in [-0.1, -0.05) is 88.3 Å². The van der Waals surface area contributed by atoms with Crippen LogP contribution in [0.2, 0.25) is 0 Å². The largest absolute Gasteiger partial charge is 0.491 e. The first kappa shape index (κ1) is 23.8. The van der Waals surface area contributed by atoms with Crippen molar-refractivity contribution >= 4 is 0 Å². The number of hydrogen-bond acceptors (Lipinski definition) is 3. The molecule has 0 spiro atoms. The van der Waals surface area contributed by atoms with Gasteiger partial charge in [0.05, 0.1) is 6.61 Å². The van der Waals surface area contributed by atoms with Gasteiger partial charge in [-0.25, -0.2) is 9.37 Å². The molecule has 0 atom stereocenters.